The second kappa shape index (κ2) is 6.31. The van der Waals surface area contributed by atoms with Crippen molar-refractivity contribution in [2.75, 3.05) is 6.61 Å². The number of urea groups is 1. The maximum absolute atomic E-state index is 13.4. The summed E-state index contributed by atoms with van der Waals surface area (Å²) in [6.45, 7) is 3.04. The Morgan fingerprint density at radius 2 is 1.92 bits per heavy atom. The van der Waals surface area contributed by atoms with E-state index in [1.807, 2.05) is 0 Å². The summed E-state index contributed by atoms with van der Waals surface area (Å²) in [6, 6.07) is 3.57. The number of hydrogen-bond donors (Lipinski definition) is 3. The highest BCUT2D eigenvalue weighted by Crippen LogP contribution is 2.43. The summed E-state index contributed by atoms with van der Waals surface area (Å²) in [4.78, 5) is 23.8. The quantitative estimate of drug-likeness (QED) is 0.728. The monoisotopic (exact) mass is 346 g/mol. The predicted molar refractivity (Wildman–Crippen MR) is 76.7 cm³/mol. The smallest absolute Gasteiger partial charge is 0.437 e. The number of nitrogens with one attached hydrogen (secondary N) is 2. The molecule has 0 spiro atoms. The maximum atomic E-state index is 13.4. The fourth-order valence-electron chi connectivity index (χ4n) is 2.59. The molecule has 0 saturated carbocycles. The van der Waals surface area contributed by atoms with E-state index in [4.69, 9.17) is 4.74 Å². The van der Waals surface area contributed by atoms with Gasteiger partial charge >= 0.3 is 18.2 Å². The van der Waals surface area contributed by atoms with Crippen molar-refractivity contribution < 1.29 is 32.6 Å². The summed E-state index contributed by atoms with van der Waals surface area (Å²) in [5, 5.41) is 13.8. The molecule has 1 aromatic carbocycles. The van der Waals surface area contributed by atoms with Gasteiger partial charge in [-0.1, -0.05) is 29.8 Å². The lowest BCUT2D eigenvalue weighted by Crippen LogP contribution is -2.73. The van der Waals surface area contributed by atoms with Crippen LogP contribution in [0.1, 0.15) is 24.1 Å². The van der Waals surface area contributed by atoms with Crippen LogP contribution in [0.5, 0.6) is 0 Å². The highest BCUT2D eigenvalue weighted by Gasteiger charge is 2.67. The fraction of sp³-hybridized carbons (Fsp3) is 0.467. The van der Waals surface area contributed by atoms with Crippen molar-refractivity contribution in [2.45, 2.75) is 31.8 Å². The Balaban J connectivity index is 2.55. The number of benzene rings is 1. The van der Waals surface area contributed by atoms with E-state index < -0.39 is 35.9 Å². The molecule has 1 heterocycles. The first-order valence-electron chi connectivity index (χ1n) is 7.21. The van der Waals surface area contributed by atoms with E-state index in [1.54, 1.807) is 19.1 Å². The Morgan fingerprint density at radius 3 is 2.42 bits per heavy atom. The molecule has 0 unspecified atom stereocenters. The second-order valence-corrected chi connectivity index (χ2v) is 5.48. The molecule has 1 aromatic rings. The van der Waals surface area contributed by atoms with Gasteiger partial charge in [-0.05, 0) is 19.4 Å². The second-order valence-electron chi connectivity index (χ2n) is 5.48. The van der Waals surface area contributed by atoms with Crippen LogP contribution in [0.3, 0.4) is 0 Å². The van der Waals surface area contributed by atoms with Crippen molar-refractivity contribution in [3.05, 3.63) is 35.4 Å². The van der Waals surface area contributed by atoms with E-state index in [0.717, 1.165) is 5.56 Å². The van der Waals surface area contributed by atoms with Gasteiger partial charge in [-0.2, -0.15) is 13.2 Å². The Labute approximate surface area is 136 Å². The maximum Gasteiger partial charge on any atom is 0.437 e. The van der Waals surface area contributed by atoms with Crippen molar-refractivity contribution in [1.82, 2.24) is 10.6 Å². The summed E-state index contributed by atoms with van der Waals surface area (Å²) in [6.07, 6.45) is -5.27. The average Bonchev–Trinajstić information content (AvgIpc) is 2.46. The van der Waals surface area contributed by atoms with E-state index in [2.05, 4.69) is 5.32 Å². The summed E-state index contributed by atoms with van der Waals surface area (Å²) in [5.41, 5.74) is -2.65. The zero-order valence-electron chi connectivity index (χ0n) is 13.0. The first kappa shape index (κ1) is 18.1. The third-order valence-electron chi connectivity index (χ3n) is 3.78. The molecule has 0 aromatic heterocycles. The summed E-state index contributed by atoms with van der Waals surface area (Å²) >= 11 is 0. The van der Waals surface area contributed by atoms with E-state index in [0.29, 0.717) is 0 Å². The van der Waals surface area contributed by atoms with Gasteiger partial charge in [-0.15, -0.1) is 0 Å². The largest absolute Gasteiger partial charge is 0.466 e. The van der Waals surface area contributed by atoms with Crippen LogP contribution in [0.4, 0.5) is 18.0 Å². The van der Waals surface area contributed by atoms with Crippen LogP contribution in [0.15, 0.2) is 24.3 Å². The lowest BCUT2D eigenvalue weighted by atomic mass is 9.82. The third-order valence-corrected chi connectivity index (χ3v) is 3.78. The summed E-state index contributed by atoms with van der Waals surface area (Å²) in [5.74, 6) is -3.37. The molecular weight excluding hydrogens is 329 g/mol. The molecule has 3 N–H and O–H groups in total. The first-order valence-corrected chi connectivity index (χ1v) is 7.21. The normalized spacial score (nSPS) is 27.2. The van der Waals surface area contributed by atoms with Gasteiger partial charge < -0.3 is 20.5 Å². The minimum absolute atomic E-state index is 0.169. The number of ether oxygens (including phenoxy) is 1. The molecule has 1 aliphatic rings. The average molecular weight is 346 g/mol. The molecule has 2 amide bonds. The molecule has 132 valence electrons. The van der Waals surface area contributed by atoms with Crippen LogP contribution >= 0.6 is 0 Å². The van der Waals surface area contributed by atoms with Gasteiger partial charge in [0.15, 0.2) is 0 Å². The fourth-order valence-corrected chi connectivity index (χ4v) is 2.59. The number of esters is 1. The molecule has 0 bridgehead atoms. The zero-order chi connectivity index (χ0) is 18.1. The van der Waals surface area contributed by atoms with Gasteiger partial charge in [0.05, 0.1) is 12.6 Å². The van der Waals surface area contributed by atoms with E-state index in [9.17, 15) is 27.9 Å². The Hall–Kier alpha value is -2.29. The molecule has 2 rings (SSSR count). The number of aryl methyl sites for hydroxylation is 1. The molecule has 1 fully saturated rings. The lowest BCUT2D eigenvalue weighted by molar-refractivity contribution is -0.294. The number of hydrogen-bond acceptors (Lipinski definition) is 4. The number of alkyl halides is 3. The van der Waals surface area contributed by atoms with Gasteiger partial charge in [0.1, 0.15) is 5.92 Å². The summed E-state index contributed by atoms with van der Waals surface area (Å²) < 4.78 is 44.9. The van der Waals surface area contributed by atoms with E-state index >= 15 is 0 Å². The standard InChI is InChI=1S/C15H17F3N2O4/c1-3-24-12(21)10-11(9-6-4-8(2)5-7-9)19-13(22)20-14(10,23)15(16,17)18/h4-7,10-11,23H,3H2,1-2H3,(H2,19,20,22)/t10-,11-,14-/m0/s1. The Bertz CT molecular complexity index is 633. The topological polar surface area (TPSA) is 87.7 Å². The van der Waals surface area contributed by atoms with Crippen molar-refractivity contribution in [3.8, 4) is 0 Å². The highest BCUT2D eigenvalue weighted by molar-refractivity contribution is 5.83. The molecule has 6 nitrogen and oxygen atoms in total. The minimum atomic E-state index is -5.27. The van der Waals surface area contributed by atoms with Gasteiger partial charge in [-0.3, -0.25) is 4.79 Å². The third kappa shape index (κ3) is 3.16. The molecule has 24 heavy (non-hydrogen) atoms. The molecule has 1 aliphatic heterocycles. The Kier molecular flexibility index (Phi) is 4.75. The van der Waals surface area contributed by atoms with Gasteiger partial charge in [0.25, 0.3) is 5.72 Å². The molecule has 3 atom stereocenters. The number of carbonyl (C=O) groups excluding carboxylic acids is 2. The van der Waals surface area contributed by atoms with Gasteiger partial charge in [0.2, 0.25) is 0 Å². The van der Waals surface area contributed by atoms with Crippen molar-refractivity contribution >= 4 is 12.0 Å². The predicted octanol–water partition coefficient (Wildman–Crippen LogP) is 1.78. The molecule has 0 aliphatic carbocycles. The van der Waals surface area contributed by atoms with Crippen LogP contribution in [0.25, 0.3) is 0 Å². The Morgan fingerprint density at radius 1 is 1.33 bits per heavy atom. The van der Waals surface area contributed by atoms with Crippen molar-refractivity contribution in [3.63, 3.8) is 0 Å². The van der Waals surface area contributed by atoms with Crippen LogP contribution in [-0.2, 0) is 9.53 Å². The number of amides is 2. The number of halogens is 3. The molecule has 0 radical (unpaired) electrons. The van der Waals surface area contributed by atoms with Crippen LogP contribution in [-0.4, -0.2) is 35.6 Å². The summed E-state index contributed by atoms with van der Waals surface area (Å²) in [7, 11) is 0. The zero-order valence-corrected chi connectivity index (χ0v) is 13.0. The van der Waals surface area contributed by atoms with Crippen molar-refractivity contribution in [1.29, 1.82) is 0 Å². The van der Waals surface area contributed by atoms with Crippen molar-refractivity contribution in [2.24, 2.45) is 5.92 Å². The first-order chi connectivity index (χ1) is 11.1. The van der Waals surface area contributed by atoms with Gasteiger partial charge in [0, 0.05) is 0 Å². The number of carbonyl (C=O) groups is 2. The lowest BCUT2D eigenvalue weighted by Gasteiger charge is -2.44. The van der Waals surface area contributed by atoms with Crippen LogP contribution < -0.4 is 10.6 Å². The van der Waals surface area contributed by atoms with Crippen LogP contribution in [0.2, 0.25) is 0 Å². The van der Waals surface area contributed by atoms with E-state index in [-0.39, 0.29) is 12.2 Å². The minimum Gasteiger partial charge on any atom is -0.466 e. The van der Waals surface area contributed by atoms with Gasteiger partial charge in [-0.25, -0.2) is 4.79 Å². The molecule has 1 saturated heterocycles. The highest BCUT2D eigenvalue weighted by atomic mass is 19.4. The number of rotatable bonds is 3. The van der Waals surface area contributed by atoms with Crippen LogP contribution in [0, 0.1) is 12.8 Å². The SMILES string of the molecule is CCOC(=O)[C@@H]1[C@H](c2ccc(C)cc2)NC(=O)N[C@@]1(O)C(F)(F)F. The molecular formula is C15H17F3N2O4. The van der Waals surface area contributed by atoms with E-state index in [1.165, 1.54) is 24.4 Å². The molecule has 9 heteroatoms. The number of aliphatic hydroxyl groups is 1.